The van der Waals surface area contributed by atoms with Crippen LogP contribution in [0.5, 0.6) is 0 Å². The number of hydrogen-bond acceptors (Lipinski definition) is 7. The molecule has 0 radical (unpaired) electrons. The molecule has 2 aromatic rings. The normalized spacial score (nSPS) is 16.4. The Labute approximate surface area is 128 Å². The molecule has 1 aliphatic rings. The van der Waals surface area contributed by atoms with Gasteiger partial charge in [0.15, 0.2) is 10.7 Å². The van der Waals surface area contributed by atoms with Gasteiger partial charge in [0.05, 0.1) is 10.5 Å². The van der Waals surface area contributed by atoms with Crippen LogP contribution in [0.2, 0.25) is 0 Å². The third-order valence-corrected chi connectivity index (χ3v) is 3.38. The second-order valence-corrected chi connectivity index (χ2v) is 5.00. The monoisotopic (exact) mass is 318 g/mol. The highest BCUT2D eigenvalue weighted by atomic mass is 32.1. The SMILES string of the molecule is NC1=NC(c2cccc([N+](=O)[O-])c2)c2c([nH]c(=S)[nH]c2=O)N1. The van der Waals surface area contributed by atoms with E-state index in [9.17, 15) is 14.9 Å². The molecule has 1 aromatic heterocycles. The minimum atomic E-state index is -0.758. The first-order chi connectivity index (χ1) is 10.5. The molecule has 3 rings (SSSR count). The van der Waals surface area contributed by atoms with Gasteiger partial charge in [0.1, 0.15) is 11.9 Å². The number of guanidine groups is 1. The number of H-pyrrole nitrogens is 2. The topological polar surface area (TPSA) is 142 Å². The minimum Gasteiger partial charge on any atom is -0.370 e. The third-order valence-electron chi connectivity index (χ3n) is 3.17. The van der Waals surface area contributed by atoms with Crippen LogP contribution in [0, 0.1) is 14.9 Å². The van der Waals surface area contributed by atoms with Crippen LogP contribution >= 0.6 is 12.2 Å². The van der Waals surface area contributed by atoms with Crippen molar-refractivity contribution in [1.82, 2.24) is 9.97 Å². The Hall–Kier alpha value is -3.01. The predicted molar refractivity (Wildman–Crippen MR) is 82.4 cm³/mol. The lowest BCUT2D eigenvalue weighted by atomic mass is 9.99. The van der Waals surface area contributed by atoms with Gasteiger partial charge >= 0.3 is 0 Å². The van der Waals surface area contributed by atoms with Gasteiger partial charge in [-0.2, -0.15) is 0 Å². The summed E-state index contributed by atoms with van der Waals surface area (Å²) in [4.78, 5) is 32.0. The number of anilines is 1. The zero-order valence-corrected chi connectivity index (χ0v) is 11.8. The number of benzene rings is 1. The Morgan fingerprint density at radius 3 is 2.86 bits per heavy atom. The molecule has 0 spiro atoms. The molecule has 1 aliphatic heterocycles. The fourth-order valence-electron chi connectivity index (χ4n) is 2.27. The van der Waals surface area contributed by atoms with Crippen LogP contribution in [0.3, 0.4) is 0 Å². The van der Waals surface area contributed by atoms with Gasteiger partial charge in [-0.05, 0) is 17.8 Å². The lowest BCUT2D eigenvalue weighted by Crippen LogP contribution is -2.33. The lowest BCUT2D eigenvalue weighted by Gasteiger charge is -2.22. The van der Waals surface area contributed by atoms with Crippen LogP contribution in [-0.2, 0) is 0 Å². The van der Waals surface area contributed by atoms with Gasteiger partial charge in [-0.25, -0.2) is 4.99 Å². The molecule has 10 heteroatoms. The summed E-state index contributed by atoms with van der Waals surface area (Å²) < 4.78 is 0.142. The van der Waals surface area contributed by atoms with Gasteiger partial charge in [-0.15, -0.1) is 0 Å². The van der Waals surface area contributed by atoms with Crippen molar-refractivity contribution >= 4 is 29.7 Å². The first-order valence-electron chi connectivity index (χ1n) is 6.17. The van der Waals surface area contributed by atoms with Crippen molar-refractivity contribution in [3.63, 3.8) is 0 Å². The number of rotatable bonds is 2. The summed E-state index contributed by atoms with van der Waals surface area (Å²) in [6.07, 6.45) is 0. The standard InChI is InChI=1S/C12H10N6O3S/c13-11-14-8(5-2-1-3-6(4-5)18(20)21)7-9(15-11)16-12(22)17-10(7)19/h1-4,8H,(H5,13,14,15,16,17,19,22). The third kappa shape index (κ3) is 2.35. The van der Waals surface area contributed by atoms with E-state index < -0.39 is 16.5 Å². The maximum Gasteiger partial charge on any atom is 0.269 e. The van der Waals surface area contributed by atoms with Gasteiger partial charge in [-0.3, -0.25) is 19.9 Å². The Balaban J connectivity index is 2.21. The number of nitrogens with two attached hydrogens (primary N) is 1. The lowest BCUT2D eigenvalue weighted by molar-refractivity contribution is -0.384. The Morgan fingerprint density at radius 2 is 2.14 bits per heavy atom. The fourth-order valence-corrected chi connectivity index (χ4v) is 2.46. The van der Waals surface area contributed by atoms with E-state index in [2.05, 4.69) is 20.3 Å². The van der Waals surface area contributed by atoms with E-state index in [0.717, 1.165) is 0 Å². The zero-order valence-electron chi connectivity index (χ0n) is 11.0. The molecule has 1 unspecified atom stereocenters. The van der Waals surface area contributed by atoms with E-state index in [1.165, 1.54) is 18.2 Å². The van der Waals surface area contributed by atoms with Crippen LogP contribution in [0.25, 0.3) is 0 Å². The Kier molecular flexibility index (Phi) is 3.22. The number of aromatic nitrogens is 2. The summed E-state index contributed by atoms with van der Waals surface area (Å²) in [6, 6.07) is 5.13. The molecular weight excluding hydrogens is 308 g/mol. The number of nitro benzene ring substituents is 1. The van der Waals surface area contributed by atoms with Crippen LogP contribution in [-0.4, -0.2) is 20.9 Å². The van der Waals surface area contributed by atoms with Gasteiger partial charge in [0.25, 0.3) is 11.2 Å². The molecule has 0 bridgehead atoms. The smallest absolute Gasteiger partial charge is 0.269 e. The molecule has 112 valence electrons. The van der Waals surface area contributed by atoms with Crippen molar-refractivity contribution in [2.75, 3.05) is 5.32 Å². The molecule has 2 heterocycles. The van der Waals surface area contributed by atoms with Crippen molar-refractivity contribution < 1.29 is 4.92 Å². The van der Waals surface area contributed by atoms with E-state index >= 15 is 0 Å². The van der Waals surface area contributed by atoms with E-state index in [-0.39, 0.29) is 22.0 Å². The molecule has 0 amide bonds. The summed E-state index contributed by atoms with van der Waals surface area (Å²) in [7, 11) is 0. The fraction of sp³-hybridized carbons (Fsp3) is 0.0833. The molecule has 22 heavy (non-hydrogen) atoms. The molecule has 0 fully saturated rings. The Bertz CT molecular complexity index is 916. The van der Waals surface area contributed by atoms with Gasteiger partial charge in [0, 0.05) is 12.1 Å². The van der Waals surface area contributed by atoms with Crippen molar-refractivity contribution in [2.45, 2.75) is 6.04 Å². The van der Waals surface area contributed by atoms with E-state index in [0.29, 0.717) is 11.4 Å². The molecule has 9 nitrogen and oxygen atoms in total. The zero-order chi connectivity index (χ0) is 15.9. The maximum absolute atomic E-state index is 12.2. The first kappa shape index (κ1) is 13.9. The molecule has 0 aliphatic carbocycles. The van der Waals surface area contributed by atoms with Crippen molar-refractivity contribution in [2.24, 2.45) is 10.7 Å². The van der Waals surface area contributed by atoms with Crippen LogP contribution < -0.4 is 16.6 Å². The number of hydrogen-bond donors (Lipinski definition) is 4. The van der Waals surface area contributed by atoms with Gasteiger partial charge in [0.2, 0.25) is 0 Å². The summed E-state index contributed by atoms with van der Waals surface area (Å²) in [5.41, 5.74) is 5.94. The highest BCUT2D eigenvalue weighted by molar-refractivity contribution is 7.71. The van der Waals surface area contributed by atoms with Crippen molar-refractivity contribution in [1.29, 1.82) is 0 Å². The number of nitro groups is 1. The van der Waals surface area contributed by atoms with Crippen LogP contribution in [0.4, 0.5) is 11.5 Å². The quantitative estimate of drug-likeness (QED) is 0.372. The highest BCUT2D eigenvalue weighted by Gasteiger charge is 2.27. The average Bonchev–Trinajstić information content (AvgIpc) is 2.45. The summed E-state index contributed by atoms with van der Waals surface area (Å²) in [6.45, 7) is 0. The number of aromatic amines is 2. The van der Waals surface area contributed by atoms with Gasteiger partial charge < -0.3 is 16.0 Å². The highest BCUT2D eigenvalue weighted by Crippen LogP contribution is 2.32. The molecule has 1 atom stereocenters. The van der Waals surface area contributed by atoms with Crippen LogP contribution in [0.15, 0.2) is 34.1 Å². The average molecular weight is 318 g/mol. The molecule has 0 saturated heterocycles. The molecule has 5 N–H and O–H groups in total. The largest absolute Gasteiger partial charge is 0.370 e. The van der Waals surface area contributed by atoms with E-state index in [1.807, 2.05) is 0 Å². The van der Waals surface area contributed by atoms with Crippen LogP contribution in [0.1, 0.15) is 17.2 Å². The molecular formula is C12H10N6O3S. The number of fused-ring (bicyclic) bond motifs is 1. The number of aliphatic imine (C=N–C) groups is 1. The van der Waals surface area contributed by atoms with E-state index in [4.69, 9.17) is 18.0 Å². The molecule has 1 aromatic carbocycles. The summed E-state index contributed by atoms with van der Waals surface area (Å²) >= 11 is 4.91. The Morgan fingerprint density at radius 1 is 1.36 bits per heavy atom. The number of non-ortho nitro benzene ring substituents is 1. The molecule has 0 saturated carbocycles. The summed E-state index contributed by atoms with van der Waals surface area (Å²) in [5, 5.41) is 13.6. The van der Waals surface area contributed by atoms with E-state index in [1.54, 1.807) is 6.07 Å². The number of nitrogens with zero attached hydrogens (tertiary/aromatic N) is 2. The second-order valence-electron chi connectivity index (χ2n) is 4.59. The summed E-state index contributed by atoms with van der Waals surface area (Å²) in [5.74, 6) is 0.415. The minimum absolute atomic E-state index is 0.0836. The predicted octanol–water partition coefficient (Wildman–Crippen LogP) is 1.17. The second kappa shape index (κ2) is 5.07. The van der Waals surface area contributed by atoms with Crippen molar-refractivity contribution in [3.8, 4) is 0 Å². The first-order valence-corrected chi connectivity index (χ1v) is 6.57. The van der Waals surface area contributed by atoms with Gasteiger partial charge in [-0.1, -0.05) is 12.1 Å². The maximum atomic E-state index is 12.2. The van der Waals surface area contributed by atoms with Crippen molar-refractivity contribution in [3.05, 3.63) is 60.6 Å². The number of nitrogens with one attached hydrogen (secondary N) is 3.